The Bertz CT molecular complexity index is 1390. The van der Waals surface area contributed by atoms with Crippen LogP contribution in [0.3, 0.4) is 0 Å². The standard InChI is InChI=1S/C32H40N2O6/c1-17-8-7-10-22-29(38)31(4,40)19(3)27-24(15-20-16-33-23-11-6-5-9-21(20)23)34-30(39)32(22,27)26(36)13-12-25(35)28(37)18(2)14-17/h5-7,9-11,14,16-17,19,22,24-25,27,29,33,35,38,40H,8,12-13,15H2,1-4H3,(H,34,39). The van der Waals surface area contributed by atoms with Crippen LogP contribution in [0.5, 0.6) is 0 Å². The molecule has 0 radical (unpaired) electrons. The first kappa shape index (κ1) is 28.5. The van der Waals surface area contributed by atoms with Crippen LogP contribution in [0.1, 0.15) is 52.5 Å². The van der Waals surface area contributed by atoms with E-state index in [9.17, 15) is 29.7 Å². The Morgan fingerprint density at radius 1 is 1.10 bits per heavy atom. The van der Waals surface area contributed by atoms with Gasteiger partial charge in [-0.15, -0.1) is 0 Å². The first-order valence-corrected chi connectivity index (χ1v) is 14.3. The van der Waals surface area contributed by atoms with Crippen molar-refractivity contribution in [1.82, 2.24) is 10.3 Å². The minimum Gasteiger partial charge on any atom is -0.389 e. The van der Waals surface area contributed by atoms with Crippen LogP contribution in [0.4, 0.5) is 0 Å². The number of aliphatic hydroxyl groups is 3. The summed E-state index contributed by atoms with van der Waals surface area (Å²) in [5.41, 5.74) is -0.846. The molecule has 8 nitrogen and oxygen atoms in total. The van der Waals surface area contributed by atoms with Gasteiger partial charge in [0.15, 0.2) is 5.78 Å². The van der Waals surface area contributed by atoms with E-state index >= 15 is 0 Å². The van der Waals surface area contributed by atoms with Crippen LogP contribution in [0.2, 0.25) is 0 Å². The molecule has 9 atom stereocenters. The van der Waals surface area contributed by atoms with Gasteiger partial charge in [0.2, 0.25) is 5.91 Å². The van der Waals surface area contributed by atoms with Gasteiger partial charge in [0.25, 0.3) is 0 Å². The molecule has 0 bridgehead atoms. The second-order valence-corrected chi connectivity index (χ2v) is 12.4. The van der Waals surface area contributed by atoms with Crippen LogP contribution in [-0.4, -0.2) is 61.6 Å². The molecule has 1 aromatic heterocycles. The minimum atomic E-state index is -1.66. The number of benzene rings is 1. The van der Waals surface area contributed by atoms with Gasteiger partial charge >= 0.3 is 0 Å². The van der Waals surface area contributed by atoms with E-state index in [4.69, 9.17) is 0 Å². The van der Waals surface area contributed by atoms with Crippen LogP contribution in [0, 0.1) is 29.1 Å². The molecule has 1 amide bonds. The van der Waals surface area contributed by atoms with Crippen LogP contribution < -0.4 is 5.32 Å². The third-order valence-corrected chi connectivity index (χ3v) is 9.87. The highest BCUT2D eigenvalue weighted by Crippen LogP contribution is 2.58. The first-order valence-electron chi connectivity index (χ1n) is 14.3. The summed E-state index contributed by atoms with van der Waals surface area (Å²) in [7, 11) is 0. The molecule has 2 aromatic rings. The highest BCUT2D eigenvalue weighted by molar-refractivity contribution is 6.09. The van der Waals surface area contributed by atoms with Crippen molar-refractivity contribution >= 4 is 28.4 Å². The molecule has 2 aliphatic carbocycles. The quantitative estimate of drug-likeness (QED) is 0.289. The van der Waals surface area contributed by atoms with Gasteiger partial charge < -0.3 is 25.6 Å². The molecule has 5 N–H and O–H groups in total. The summed E-state index contributed by atoms with van der Waals surface area (Å²) < 4.78 is 0. The molecule has 9 unspecified atom stereocenters. The number of aliphatic hydroxyl groups excluding tert-OH is 2. The van der Waals surface area contributed by atoms with Crippen LogP contribution in [-0.2, 0) is 20.8 Å². The average Bonchev–Trinajstić information content (AvgIpc) is 3.45. The second kappa shape index (κ2) is 10.4. The zero-order chi connectivity index (χ0) is 29.0. The summed E-state index contributed by atoms with van der Waals surface area (Å²) in [5.74, 6) is -3.60. The lowest BCUT2D eigenvalue weighted by Crippen LogP contribution is -2.67. The van der Waals surface area contributed by atoms with Gasteiger partial charge in [-0.2, -0.15) is 0 Å². The maximum Gasteiger partial charge on any atom is 0.235 e. The normalized spacial score (nSPS) is 39.0. The molecule has 1 saturated heterocycles. The summed E-state index contributed by atoms with van der Waals surface area (Å²) in [6.45, 7) is 6.96. The Morgan fingerprint density at radius 3 is 2.58 bits per heavy atom. The van der Waals surface area contributed by atoms with E-state index in [1.807, 2.05) is 43.5 Å². The maximum absolute atomic E-state index is 14.3. The first-order chi connectivity index (χ1) is 18.9. The third kappa shape index (κ3) is 4.37. The smallest absolute Gasteiger partial charge is 0.235 e. The van der Waals surface area contributed by atoms with Gasteiger partial charge in [0.1, 0.15) is 17.3 Å². The van der Waals surface area contributed by atoms with Gasteiger partial charge in [-0.05, 0) is 62.1 Å². The molecule has 214 valence electrons. The molecule has 1 aromatic carbocycles. The van der Waals surface area contributed by atoms with E-state index in [0.29, 0.717) is 18.4 Å². The topological polar surface area (TPSA) is 140 Å². The Balaban J connectivity index is 1.62. The number of rotatable bonds is 2. The highest BCUT2D eigenvalue weighted by Gasteiger charge is 2.71. The van der Waals surface area contributed by atoms with Crippen molar-refractivity contribution in [3.63, 3.8) is 0 Å². The van der Waals surface area contributed by atoms with E-state index in [1.54, 1.807) is 32.9 Å². The zero-order valence-corrected chi connectivity index (χ0v) is 23.6. The number of carbonyl (C=O) groups is 3. The molecule has 40 heavy (non-hydrogen) atoms. The zero-order valence-electron chi connectivity index (χ0n) is 23.6. The number of aromatic amines is 1. The molecule has 2 fully saturated rings. The molecule has 1 spiro atoms. The molecule has 3 aliphatic rings. The number of aromatic nitrogens is 1. The molecule has 1 saturated carbocycles. The van der Waals surface area contributed by atoms with Gasteiger partial charge in [-0.3, -0.25) is 14.4 Å². The lowest BCUT2D eigenvalue weighted by Gasteiger charge is -2.55. The summed E-state index contributed by atoms with van der Waals surface area (Å²) in [5, 5.41) is 38.0. The lowest BCUT2D eigenvalue weighted by molar-refractivity contribution is -0.199. The average molecular weight is 549 g/mol. The van der Waals surface area contributed by atoms with E-state index in [1.165, 1.54) is 0 Å². The number of carbonyl (C=O) groups excluding carboxylic acids is 3. The number of amides is 1. The van der Waals surface area contributed by atoms with E-state index in [0.717, 1.165) is 16.5 Å². The fourth-order valence-corrected chi connectivity index (χ4v) is 7.56. The van der Waals surface area contributed by atoms with Crippen molar-refractivity contribution in [3.8, 4) is 0 Å². The Kier molecular flexibility index (Phi) is 7.40. The lowest BCUT2D eigenvalue weighted by atomic mass is 9.49. The van der Waals surface area contributed by atoms with Crippen molar-refractivity contribution < 1.29 is 29.7 Å². The van der Waals surface area contributed by atoms with Crippen LogP contribution >= 0.6 is 0 Å². The Labute approximate surface area is 234 Å². The third-order valence-electron chi connectivity index (χ3n) is 9.87. The Morgan fingerprint density at radius 2 is 1.82 bits per heavy atom. The number of allylic oxidation sites excluding steroid dienone is 2. The monoisotopic (exact) mass is 548 g/mol. The van der Waals surface area contributed by atoms with Crippen molar-refractivity contribution in [2.45, 2.75) is 77.2 Å². The number of Topliss-reactive ketones (excluding diaryl/α,β-unsaturated/α-hetero) is 2. The van der Waals surface area contributed by atoms with Gasteiger partial charge in [0.05, 0.1) is 11.7 Å². The predicted molar refractivity (Wildman–Crippen MR) is 151 cm³/mol. The molecule has 5 rings (SSSR count). The molecule has 1 aliphatic heterocycles. The summed E-state index contributed by atoms with van der Waals surface area (Å²) >= 11 is 0. The van der Waals surface area contributed by atoms with E-state index < -0.39 is 64.5 Å². The van der Waals surface area contributed by atoms with E-state index in [-0.39, 0.29) is 18.8 Å². The summed E-state index contributed by atoms with van der Waals surface area (Å²) in [6.07, 6.45) is 5.12. The molecule has 8 heteroatoms. The highest BCUT2D eigenvalue weighted by atomic mass is 16.3. The molecular weight excluding hydrogens is 508 g/mol. The Hall–Kier alpha value is -3.07. The molecular formula is C32H40N2O6. The largest absolute Gasteiger partial charge is 0.389 e. The number of hydrogen-bond donors (Lipinski definition) is 5. The van der Waals surface area contributed by atoms with Gasteiger partial charge in [0, 0.05) is 41.4 Å². The van der Waals surface area contributed by atoms with Crippen molar-refractivity contribution in [2.24, 2.45) is 29.1 Å². The number of para-hydroxylation sites is 1. The number of nitrogens with one attached hydrogen (secondary N) is 2. The summed E-state index contributed by atoms with van der Waals surface area (Å²) in [4.78, 5) is 44.5. The number of H-pyrrole nitrogens is 1. The summed E-state index contributed by atoms with van der Waals surface area (Å²) in [6, 6.07) is 7.38. The number of fused-ring (bicyclic) bond motifs is 1. The van der Waals surface area contributed by atoms with E-state index in [2.05, 4.69) is 10.3 Å². The fourth-order valence-electron chi connectivity index (χ4n) is 7.56. The molecule has 2 heterocycles. The van der Waals surface area contributed by atoms with Gasteiger partial charge in [-0.1, -0.05) is 50.3 Å². The SMILES string of the molecule is CC1=CC(C)CC=CC2C(O)C(C)(O)C(C)C3C(Cc4c[nH]c5ccccc45)NC(=O)C23C(=O)CCC(O)C1=O. The van der Waals surface area contributed by atoms with Gasteiger partial charge in [-0.25, -0.2) is 0 Å². The van der Waals surface area contributed by atoms with Crippen LogP contribution in [0.25, 0.3) is 10.9 Å². The fraction of sp³-hybridized carbons (Fsp3) is 0.531. The van der Waals surface area contributed by atoms with Crippen molar-refractivity contribution in [1.29, 1.82) is 0 Å². The predicted octanol–water partition coefficient (Wildman–Crippen LogP) is 3.01. The number of hydrogen-bond acceptors (Lipinski definition) is 6. The minimum absolute atomic E-state index is 0.0530. The second-order valence-electron chi connectivity index (χ2n) is 12.4. The van der Waals surface area contributed by atoms with Crippen molar-refractivity contribution in [3.05, 3.63) is 59.8 Å². The maximum atomic E-state index is 14.3. The number of ketones is 2. The van der Waals surface area contributed by atoms with Crippen molar-refractivity contribution in [2.75, 3.05) is 0 Å². The van der Waals surface area contributed by atoms with Crippen LogP contribution in [0.15, 0.2) is 54.3 Å².